The van der Waals surface area contributed by atoms with Crippen LogP contribution in [-0.2, 0) is 9.59 Å². The van der Waals surface area contributed by atoms with E-state index in [9.17, 15) is 9.59 Å². The molecule has 2 fully saturated rings. The Morgan fingerprint density at radius 3 is 2.25 bits per heavy atom. The van der Waals surface area contributed by atoms with Crippen LogP contribution < -0.4 is 5.73 Å². The molecule has 0 radical (unpaired) electrons. The van der Waals surface area contributed by atoms with Crippen LogP contribution in [0, 0.1) is 0 Å². The Kier molecular flexibility index (Phi) is 6.71. The minimum atomic E-state index is 0. The largest absolute Gasteiger partial charge is 0.339 e. The van der Waals surface area contributed by atoms with E-state index in [-0.39, 0.29) is 30.3 Å². The van der Waals surface area contributed by atoms with E-state index >= 15 is 0 Å². The van der Waals surface area contributed by atoms with Gasteiger partial charge in [-0.2, -0.15) is 0 Å². The average Bonchev–Trinajstić information content (AvgIpc) is 2.39. The third-order valence-electron chi connectivity index (χ3n) is 3.98. The van der Waals surface area contributed by atoms with Crippen LogP contribution in [0.1, 0.15) is 19.8 Å². The highest BCUT2D eigenvalue weighted by atomic mass is 35.5. The smallest absolute Gasteiger partial charge is 0.236 e. The Hall–Kier alpha value is -0.850. The van der Waals surface area contributed by atoms with E-state index in [1.165, 1.54) is 0 Å². The molecule has 2 heterocycles. The normalized spacial score (nSPS) is 24.2. The van der Waals surface area contributed by atoms with Crippen molar-refractivity contribution in [3.8, 4) is 0 Å². The molecule has 2 saturated heterocycles. The Morgan fingerprint density at radius 1 is 1.10 bits per heavy atom. The topological polar surface area (TPSA) is 69.9 Å². The molecular weight excluding hydrogens is 280 g/mol. The number of rotatable bonds is 2. The Bertz CT molecular complexity index is 345. The highest BCUT2D eigenvalue weighted by molar-refractivity contribution is 5.85. The maximum Gasteiger partial charge on any atom is 0.236 e. The molecule has 0 aromatic carbocycles. The third kappa shape index (κ3) is 4.61. The van der Waals surface area contributed by atoms with E-state index in [1.54, 1.807) is 11.8 Å². The molecule has 0 saturated carbocycles. The second kappa shape index (κ2) is 7.81. The van der Waals surface area contributed by atoms with Gasteiger partial charge < -0.3 is 15.5 Å². The Balaban J connectivity index is 0.00000200. The fraction of sp³-hybridized carbons (Fsp3) is 0.846. The first-order chi connectivity index (χ1) is 9.06. The summed E-state index contributed by atoms with van der Waals surface area (Å²) in [5.74, 6) is 0.256. The van der Waals surface area contributed by atoms with Crippen LogP contribution in [0.15, 0.2) is 0 Å². The van der Waals surface area contributed by atoms with Crippen molar-refractivity contribution < 1.29 is 9.59 Å². The average molecular weight is 305 g/mol. The molecule has 6 nitrogen and oxygen atoms in total. The molecule has 0 spiro atoms. The number of nitrogens with zero attached hydrogens (tertiary/aromatic N) is 3. The van der Waals surface area contributed by atoms with Crippen LogP contribution in [0.2, 0.25) is 0 Å². The number of carbonyl (C=O) groups is 2. The van der Waals surface area contributed by atoms with Crippen LogP contribution in [0.5, 0.6) is 0 Å². The highest BCUT2D eigenvalue weighted by Gasteiger charge is 2.25. The zero-order chi connectivity index (χ0) is 13.8. The summed E-state index contributed by atoms with van der Waals surface area (Å²) in [6.45, 7) is 6.43. The van der Waals surface area contributed by atoms with E-state index in [1.807, 2.05) is 4.90 Å². The van der Waals surface area contributed by atoms with Crippen molar-refractivity contribution in [3.05, 3.63) is 0 Å². The van der Waals surface area contributed by atoms with Crippen LogP contribution >= 0.6 is 12.4 Å². The molecule has 0 aromatic rings. The van der Waals surface area contributed by atoms with Gasteiger partial charge in [-0.3, -0.25) is 14.5 Å². The number of halogens is 1. The molecule has 2 rings (SSSR count). The van der Waals surface area contributed by atoms with Gasteiger partial charge in [0.2, 0.25) is 11.8 Å². The van der Waals surface area contributed by atoms with Gasteiger partial charge in [0.25, 0.3) is 0 Å². The number of hydrogen-bond donors (Lipinski definition) is 1. The second-order valence-corrected chi connectivity index (χ2v) is 5.52. The minimum absolute atomic E-state index is 0. The van der Waals surface area contributed by atoms with E-state index in [0.717, 1.165) is 25.9 Å². The lowest BCUT2D eigenvalue weighted by Crippen LogP contribution is -2.53. The Labute approximate surface area is 126 Å². The number of likely N-dealkylation sites (tertiary alicyclic amines) is 1. The molecule has 0 unspecified atom stereocenters. The zero-order valence-electron chi connectivity index (χ0n) is 12.1. The van der Waals surface area contributed by atoms with Crippen molar-refractivity contribution in [2.24, 2.45) is 5.73 Å². The Morgan fingerprint density at radius 2 is 1.70 bits per heavy atom. The minimum Gasteiger partial charge on any atom is -0.339 e. The molecule has 0 bridgehead atoms. The molecule has 7 heteroatoms. The summed E-state index contributed by atoms with van der Waals surface area (Å²) in [6.07, 6.45) is 2.13. The highest BCUT2D eigenvalue weighted by Crippen LogP contribution is 2.09. The van der Waals surface area contributed by atoms with Gasteiger partial charge in [0.1, 0.15) is 0 Å². The predicted octanol–water partition coefficient (Wildman–Crippen LogP) is -0.478. The van der Waals surface area contributed by atoms with E-state index < -0.39 is 0 Å². The number of piperidine rings is 1. The molecule has 0 aliphatic carbocycles. The maximum atomic E-state index is 12.2. The van der Waals surface area contributed by atoms with Gasteiger partial charge in [0, 0.05) is 45.7 Å². The number of amides is 2. The van der Waals surface area contributed by atoms with Crippen molar-refractivity contribution in [1.82, 2.24) is 14.7 Å². The summed E-state index contributed by atoms with van der Waals surface area (Å²) in [5, 5.41) is 0. The summed E-state index contributed by atoms with van der Waals surface area (Å²) < 4.78 is 0. The summed E-state index contributed by atoms with van der Waals surface area (Å²) in [4.78, 5) is 29.2. The molecule has 0 aromatic heterocycles. The van der Waals surface area contributed by atoms with Gasteiger partial charge >= 0.3 is 0 Å². The number of piperazine rings is 1. The summed E-state index contributed by atoms with van der Waals surface area (Å²) in [7, 11) is 0. The molecule has 2 aliphatic rings. The maximum absolute atomic E-state index is 12.2. The SMILES string of the molecule is CC(=O)N1CCN(C(=O)CN2CCC[C@@H](N)C2)CC1.Cl. The fourth-order valence-corrected chi connectivity index (χ4v) is 2.80. The van der Waals surface area contributed by atoms with Crippen LogP contribution in [-0.4, -0.2) is 78.4 Å². The summed E-state index contributed by atoms with van der Waals surface area (Å²) in [6, 6.07) is 0.205. The van der Waals surface area contributed by atoms with Gasteiger partial charge in [-0.25, -0.2) is 0 Å². The van der Waals surface area contributed by atoms with Gasteiger partial charge in [-0.1, -0.05) is 0 Å². The molecule has 2 aliphatic heterocycles. The van der Waals surface area contributed by atoms with Crippen molar-refractivity contribution in [1.29, 1.82) is 0 Å². The van der Waals surface area contributed by atoms with Gasteiger partial charge in [-0.05, 0) is 19.4 Å². The first kappa shape index (κ1) is 17.2. The third-order valence-corrected chi connectivity index (χ3v) is 3.98. The van der Waals surface area contributed by atoms with Crippen LogP contribution in [0.4, 0.5) is 0 Å². The van der Waals surface area contributed by atoms with Gasteiger partial charge in [-0.15, -0.1) is 12.4 Å². The van der Waals surface area contributed by atoms with Crippen LogP contribution in [0.25, 0.3) is 0 Å². The van der Waals surface area contributed by atoms with E-state index in [4.69, 9.17) is 5.73 Å². The lowest BCUT2D eigenvalue weighted by atomic mass is 10.1. The standard InChI is InChI=1S/C13H24N4O2.ClH/c1-11(18)16-5-7-17(8-6-16)13(19)10-15-4-2-3-12(14)9-15;/h12H,2-10,14H2,1H3;1H/t12-;/m1./s1. The fourth-order valence-electron chi connectivity index (χ4n) is 2.80. The van der Waals surface area contributed by atoms with Gasteiger partial charge in [0.15, 0.2) is 0 Å². The molecule has 2 N–H and O–H groups in total. The molecular formula is C13H25ClN4O2. The molecule has 2 amide bonds. The second-order valence-electron chi connectivity index (χ2n) is 5.52. The van der Waals surface area contributed by atoms with E-state index in [0.29, 0.717) is 32.7 Å². The van der Waals surface area contributed by atoms with Gasteiger partial charge in [0.05, 0.1) is 6.54 Å². The summed E-state index contributed by atoms with van der Waals surface area (Å²) >= 11 is 0. The number of nitrogens with two attached hydrogens (primary N) is 1. The monoisotopic (exact) mass is 304 g/mol. The molecule has 20 heavy (non-hydrogen) atoms. The van der Waals surface area contributed by atoms with Crippen molar-refractivity contribution in [3.63, 3.8) is 0 Å². The first-order valence-corrected chi connectivity index (χ1v) is 7.07. The molecule has 1 atom stereocenters. The first-order valence-electron chi connectivity index (χ1n) is 7.07. The lowest BCUT2D eigenvalue weighted by Gasteiger charge is -2.36. The quantitative estimate of drug-likeness (QED) is 0.748. The van der Waals surface area contributed by atoms with Crippen molar-refractivity contribution in [2.45, 2.75) is 25.8 Å². The van der Waals surface area contributed by atoms with Crippen molar-refractivity contribution >= 4 is 24.2 Å². The molecule has 116 valence electrons. The van der Waals surface area contributed by atoms with Crippen molar-refractivity contribution in [2.75, 3.05) is 45.8 Å². The van der Waals surface area contributed by atoms with Crippen LogP contribution in [0.3, 0.4) is 0 Å². The predicted molar refractivity (Wildman–Crippen MR) is 79.7 cm³/mol. The number of carbonyl (C=O) groups excluding carboxylic acids is 2. The number of hydrogen-bond acceptors (Lipinski definition) is 4. The van der Waals surface area contributed by atoms with E-state index in [2.05, 4.69) is 4.90 Å². The lowest BCUT2D eigenvalue weighted by molar-refractivity contribution is -0.139. The zero-order valence-corrected chi connectivity index (χ0v) is 12.9. The summed E-state index contributed by atoms with van der Waals surface area (Å²) in [5.41, 5.74) is 5.92.